The highest BCUT2D eigenvalue weighted by Gasteiger charge is 2.11. The van der Waals surface area contributed by atoms with Crippen molar-refractivity contribution in [3.63, 3.8) is 0 Å². The molecule has 0 aliphatic heterocycles. The first-order chi connectivity index (χ1) is 12.8. The van der Waals surface area contributed by atoms with Crippen LogP contribution in [0, 0.1) is 0 Å². The SMILES string of the molecule is Nc1cccc(-c2ccncn2)c1-c1ccc(Nc2ncccn2)cc1. The van der Waals surface area contributed by atoms with E-state index < -0.39 is 0 Å². The molecule has 0 fully saturated rings. The van der Waals surface area contributed by atoms with Gasteiger partial charge in [-0.1, -0.05) is 24.3 Å². The molecule has 0 atom stereocenters. The molecule has 2 aromatic heterocycles. The van der Waals surface area contributed by atoms with Gasteiger partial charge in [0.15, 0.2) is 0 Å². The smallest absolute Gasteiger partial charge is 0.227 e. The second kappa shape index (κ2) is 6.98. The van der Waals surface area contributed by atoms with Gasteiger partial charge in [0.2, 0.25) is 5.95 Å². The van der Waals surface area contributed by atoms with E-state index >= 15 is 0 Å². The summed E-state index contributed by atoms with van der Waals surface area (Å²) in [5.41, 5.74) is 11.6. The molecule has 26 heavy (non-hydrogen) atoms. The number of benzene rings is 2. The molecule has 0 radical (unpaired) electrons. The zero-order valence-corrected chi connectivity index (χ0v) is 13.9. The van der Waals surface area contributed by atoms with Crippen LogP contribution in [0.2, 0.25) is 0 Å². The van der Waals surface area contributed by atoms with Gasteiger partial charge >= 0.3 is 0 Å². The van der Waals surface area contributed by atoms with Crippen molar-refractivity contribution >= 4 is 17.3 Å². The summed E-state index contributed by atoms with van der Waals surface area (Å²) in [4.78, 5) is 16.7. The predicted octanol–water partition coefficient (Wildman–Crippen LogP) is 3.93. The fourth-order valence-corrected chi connectivity index (χ4v) is 2.77. The number of nitrogens with two attached hydrogens (primary N) is 1. The lowest BCUT2D eigenvalue weighted by Crippen LogP contribution is -1.97. The van der Waals surface area contributed by atoms with Gasteiger partial charge < -0.3 is 11.1 Å². The Bertz CT molecular complexity index is 1000. The molecule has 6 heteroatoms. The summed E-state index contributed by atoms with van der Waals surface area (Å²) in [6.45, 7) is 0. The normalized spacial score (nSPS) is 10.5. The van der Waals surface area contributed by atoms with Crippen molar-refractivity contribution in [2.45, 2.75) is 0 Å². The van der Waals surface area contributed by atoms with Crippen molar-refractivity contribution in [2.24, 2.45) is 0 Å². The lowest BCUT2D eigenvalue weighted by atomic mass is 9.95. The van der Waals surface area contributed by atoms with E-state index in [1.165, 1.54) is 6.33 Å². The molecule has 0 unspecified atom stereocenters. The van der Waals surface area contributed by atoms with Gasteiger partial charge in [-0.05, 0) is 35.9 Å². The minimum Gasteiger partial charge on any atom is -0.398 e. The summed E-state index contributed by atoms with van der Waals surface area (Å²) in [6, 6.07) is 17.5. The highest BCUT2D eigenvalue weighted by molar-refractivity contribution is 5.90. The quantitative estimate of drug-likeness (QED) is 0.547. The van der Waals surface area contributed by atoms with Gasteiger partial charge in [0.05, 0.1) is 5.69 Å². The molecule has 2 heterocycles. The first-order valence-corrected chi connectivity index (χ1v) is 8.10. The van der Waals surface area contributed by atoms with Crippen LogP contribution < -0.4 is 11.1 Å². The van der Waals surface area contributed by atoms with Gasteiger partial charge in [0, 0.05) is 41.1 Å². The van der Waals surface area contributed by atoms with Crippen molar-refractivity contribution in [2.75, 3.05) is 11.1 Å². The average molecular weight is 340 g/mol. The Morgan fingerprint density at radius 1 is 0.769 bits per heavy atom. The molecular formula is C20H16N6. The maximum atomic E-state index is 6.27. The molecule has 0 aliphatic rings. The number of hydrogen-bond donors (Lipinski definition) is 2. The molecule has 2 aromatic carbocycles. The van der Waals surface area contributed by atoms with E-state index in [0.29, 0.717) is 11.6 Å². The largest absolute Gasteiger partial charge is 0.398 e. The molecular weight excluding hydrogens is 324 g/mol. The standard InChI is InChI=1S/C20H16N6/c21-17-4-1-3-16(18-9-12-22-13-25-18)19(17)14-5-7-15(8-6-14)26-20-23-10-2-11-24-20/h1-13H,21H2,(H,23,24,26). The number of anilines is 3. The third-order valence-electron chi connectivity index (χ3n) is 3.95. The van der Waals surface area contributed by atoms with E-state index in [0.717, 1.165) is 28.1 Å². The number of nitrogen functional groups attached to an aromatic ring is 1. The van der Waals surface area contributed by atoms with Crippen LogP contribution >= 0.6 is 0 Å². The van der Waals surface area contributed by atoms with E-state index in [2.05, 4.69) is 25.3 Å². The fourth-order valence-electron chi connectivity index (χ4n) is 2.77. The highest BCUT2D eigenvalue weighted by atomic mass is 15.1. The van der Waals surface area contributed by atoms with Crippen molar-refractivity contribution in [3.05, 3.63) is 79.5 Å². The zero-order valence-electron chi connectivity index (χ0n) is 13.9. The molecule has 126 valence electrons. The van der Waals surface area contributed by atoms with E-state index in [4.69, 9.17) is 5.73 Å². The molecule has 4 aromatic rings. The summed E-state index contributed by atoms with van der Waals surface area (Å²) >= 11 is 0. The van der Waals surface area contributed by atoms with E-state index in [1.807, 2.05) is 48.5 Å². The van der Waals surface area contributed by atoms with Crippen LogP contribution in [0.15, 0.2) is 79.5 Å². The van der Waals surface area contributed by atoms with Gasteiger partial charge in [-0.3, -0.25) is 0 Å². The van der Waals surface area contributed by atoms with Crippen molar-refractivity contribution in [1.82, 2.24) is 19.9 Å². The first-order valence-electron chi connectivity index (χ1n) is 8.10. The Morgan fingerprint density at radius 2 is 1.58 bits per heavy atom. The Morgan fingerprint density at radius 3 is 2.31 bits per heavy atom. The fraction of sp³-hybridized carbons (Fsp3) is 0. The molecule has 0 saturated heterocycles. The summed E-state index contributed by atoms with van der Waals surface area (Å²) in [5.74, 6) is 0.557. The molecule has 0 saturated carbocycles. The number of hydrogen-bond acceptors (Lipinski definition) is 6. The van der Waals surface area contributed by atoms with Gasteiger partial charge in [-0.25, -0.2) is 19.9 Å². The zero-order chi connectivity index (χ0) is 17.8. The molecule has 0 bridgehead atoms. The van der Waals surface area contributed by atoms with Crippen molar-refractivity contribution in [3.8, 4) is 22.4 Å². The van der Waals surface area contributed by atoms with E-state index in [-0.39, 0.29) is 0 Å². The van der Waals surface area contributed by atoms with Gasteiger partial charge in [0.1, 0.15) is 6.33 Å². The molecule has 3 N–H and O–H groups in total. The van der Waals surface area contributed by atoms with Crippen LogP contribution in [0.3, 0.4) is 0 Å². The summed E-state index contributed by atoms with van der Waals surface area (Å²) in [6.07, 6.45) is 6.65. The van der Waals surface area contributed by atoms with E-state index in [9.17, 15) is 0 Å². The summed E-state index contributed by atoms with van der Waals surface area (Å²) < 4.78 is 0. The molecule has 0 spiro atoms. The van der Waals surface area contributed by atoms with Gasteiger partial charge in [-0.2, -0.15) is 0 Å². The second-order valence-corrected chi connectivity index (χ2v) is 5.64. The third kappa shape index (κ3) is 3.21. The maximum Gasteiger partial charge on any atom is 0.227 e. The summed E-state index contributed by atoms with van der Waals surface area (Å²) in [5, 5.41) is 3.17. The van der Waals surface area contributed by atoms with Crippen LogP contribution in [-0.2, 0) is 0 Å². The monoisotopic (exact) mass is 340 g/mol. The highest BCUT2D eigenvalue weighted by Crippen LogP contribution is 2.36. The Hall–Kier alpha value is -3.80. The van der Waals surface area contributed by atoms with Crippen LogP contribution in [-0.4, -0.2) is 19.9 Å². The first kappa shape index (κ1) is 15.7. The minimum absolute atomic E-state index is 0.557. The number of rotatable bonds is 4. The molecule has 0 aliphatic carbocycles. The molecule has 6 nitrogen and oxygen atoms in total. The average Bonchev–Trinajstić information content (AvgIpc) is 2.70. The molecule has 4 rings (SSSR count). The lowest BCUT2D eigenvalue weighted by Gasteiger charge is -2.13. The van der Waals surface area contributed by atoms with Crippen molar-refractivity contribution < 1.29 is 0 Å². The maximum absolute atomic E-state index is 6.27. The van der Waals surface area contributed by atoms with Crippen molar-refractivity contribution in [1.29, 1.82) is 0 Å². The molecule has 0 amide bonds. The Labute approximate surface area is 150 Å². The van der Waals surface area contributed by atoms with Crippen LogP contribution in [0.1, 0.15) is 0 Å². The number of nitrogens with one attached hydrogen (secondary N) is 1. The summed E-state index contributed by atoms with van der Waals surface area (Å²) in [7, 11) is 0. The van der Waals surface area contributed by atoms with Crippen LogP contribution in [0.5, 0.6) is 0 Å². The second-order valence-electron chi connectivity index (χ2n) is 5.64. The number of nitrogens with zero attached hydrogens (tertiary/aromatic N) is 4. The van der Waals surface area contributed by atoms with Gasteiger partial charge in [-0.15, -0.1) is 0 Å². The minimum atomic E-state index is 0.557. The predicted molar refractivity (Wildman–Crippen MR) is 103 cm³/mol. The van der Waals surface area contributed by atoms with E-state index in [1.54, 1.807) is 24.7 Å². The van der Waals surface area contributed by atoms with Crippen LogP contribution in [0.25, 0.3) is 22.4 Å². The van der Waals surface area contributed by atoms with Gasteiger partial charge in [0.25, 0.3) is 0 Å². The Balaban J connectivity index is 1.70. The third-order valence-corrected chi connectivity index (χ3v) is 3.95. The van der Waals surface area contributed by atoms with Crippen LogP contribution in [0.4, 0.5) is 17.3 Å². The lowest BCUT2D eigenvalue weighted by molar-refractivity contribution is 1.17. The Kier molecular flexibility index (Phi) is 4.22. The topological polar surface area (TPSA) is 89.6 Å². The number of aromatic nitrogens is 4.